The summed E-state index contributed by atoms with van der Waals surface area (Å²) < 4.78 is 16.8. The zero-order valence-corrected chi connectivity index (χ0v) is 40.9. The second-order valence-corrected chi connectivity index (χ2v) is 23.5. The van der Waals surface area contributed by atoms with Gasteiger partial charge in [-0.15, -0.1) is 0 Å². The molecule has 0 bridgehead atoms. The number of carbonyl (C=O) groups is 6. The average Bonchev–Trinajstić information content (AvgIpc) is 3.13. The van der Waals surface area contributed by atoms with Crippen molar-refractivity contribution in [3.05, 3.63) is 46.3 Å². The Kier molecular flexibility index (Phi) is 13.4. The van der Waals surface area contributed by atoms with E-state index in [4.69, 9.17) is 14.2 Å². The fourth-order valence-corrected chi connectivity index (χ4v) is 11.4. The first-order valence-corrected chi connectivity index (χ1v) is 23.0. The van der Waals surface area contributed by atoms with Crippen LogP contribution in [0.2, 0.25) is 0 Å². The van der Waals surface area contributed by atoms with Gasteiger partial charge in [0.25, 0.3) is 0 Å². The number of fused-ring (bicyclic) bond motifs is 7. The van der Waals surface area contributed by atoms with E-state index in [1.54, 1.807) is 68.4 Å². The van der Waals surface area contributed by atoms with Crippen molar-refractivity contribution in [2.24, 2.45) is 33.0 Å². The smallest absolute Gasteiger partial charge is 0.329 e. The van der Waals surface area contributed by atoms with Crippen LogP contribution in [0, 0.1) is 33.0 Å². The van der Waals surface area contributed by atoms with Gasteiger partial charge < -0.3 is 30.0 Å². The Morgan fingerprint density at radius 1 is 0.730 bits per heavy atom. The lowest BCUT2D eigenvalue weighted by Gasteiger charge is -2.70. The summed E-state index contributed by atoms with van der Waals surface area (Å²) in [4.78, 5) is 80.9. The third kappa shape index (κ3) is 10.2. The molecule has 12 heteroatoms. The molecule has 12 nitrogen and oxygen atoms in total. The first-order chi connectivity index (χ1) is 28.7. The van der Waals surface area contributed by atoms with Gasteiger partial charge in [-0.1, -0.05) is 52.3 Å². The molecule has 0 spiro atoms. The standard InChI is InChI=1S/C51H76N2O10/c1-30-31-16-19-36-49(13,32(31)28-35(54)40(30)57)25-27-51(15)37-29-48(12,23-22-47(37,11)24-26-50(36,51)14)43(60)53-34(42(59)63-46(8,9)10)17-20-38(55)52-33(41(58)62-45(5,6)7)18-21-39(56)61-44(2,3)4/h16,19,28,33-34,37,57H,17-18,20-27,29H2,1-15H3,(H,52,55)(H,53,60)/t33?,34?,37-,47-,48-,49+,50-,51+/m1/s1. The maximum absolute atomic E-state index is 14.7. The third-order valence-electron chi connectivity index (χ3n) is 15.2. The Hall–Kier alpha value is -4.22. The van der Waals surface area contributed by atoms with Gasteiger partial charge in [-0.2, -0.15) is 0 Å². The Bertz CT molecular complexity index is 2040. The molecule has 5 rings (SSSR count). The van der Waals surface area contributed by atoms with E-state index < -0.39 is 58.1 Å². The molecule has 8 atom stereocenters. The molecule has 0 aromatic heterocycles. The van der Waals surface area contributed by atoms with Crippen LogP contribution in [0.15, 0.2) is 46.3 Å². The van der Waals surface area contributed by atoms with E-state index >= 15 is 0 Å². The highest BCUT2D eigenvalue weighted by Gasteiger charge is 2.67. The number of hydrogen-bond donors (Lipinski definition) is 3. The Morgan fingerprint density at radius 3 is 1.84 bits per heavy atom. The van der Waals surface area contributed by atoms with Crippen LogP contribution in [0.5, 0.6) is 0 Å². The van der Waals surface area contributed by atoms with Crippen molar-refractivity contribution in [3.8, 4) is 0 Å². The molecule has 3 fully saturated rings. The van der Waals surface area contributed by atoms with E-state index in [9.17, 15) is 33.9 Å². The van der Waals surface area contributed by atoms with Crippen molar-refractivity contribution in [2.45, 2.75) is 203 Å². The molecule has 5 aliphatic rings. The number of hydrogen-bond acceptors (Lipinski definition) is 10. The molecule has 2 amide bonds. The minimum Gasteiger partial charge on any atom is -0.504 e. The Balaban J connectivity index is 1.36. The normalized spacial score (nSPS) is 31.6. The number of amides is 2. The maximum atomic E-state index is 14.7. The van der Waals surface area contributed by atoms with Gasteiger partial charge >= 0.3 is 17.9 Å². The fourth-order valence-electron chi connectivity index (χ4n) is 11.4. The number of aliphatic hydroxyl groups is 1. The summed E-state index contributed by atoms with van der Waals surface area (Å²) in [7, 11) is 0. The molecular formula is C51H76N2O10. The van der Waals surface area contributed by atoms with Gasteiger partial charge in [-0.25, -0.2) is 9.59 Å². The van der Waals surface area contributed by atoms with Gasteiger partial charge in [0.15, 0.2) is 5.76 Å². The van der Waals surface area contributed by atoms with Crippen LogP contribution in [0.25, 0.3) is 0 Å². The summed E-state index contributed by atoms with van der Waals surface area (Å²) in [5, 5.41) is 16.3. The summed E-state index contributed by atoms with van der Waals surface area (Å²) in [5.41, 5.74) is -0.258. The number of carbonyl (C=O) groups excluding carboxylic acids is 6. The second-order valence-electron chi connectivity index (χ2n) is 23.5. The molecule has 3 N–H and O–H groups in total. The predicted molar refractivity (Wildman–Crippen MR) is 241 cm³/mol. The molecule has 0 radical (unpaired) electrons. The summed E-state index contributed by atoms with van der Waals surface area (Å²) in [5.74, 6) is -3.07. The van der Waals surface area contributed by atoms with Gasteiger partial charge in [0.1, 0.15) is 28.9 Å². The van der Waals surface area contributed by atoms with E-state index in [1.165, 1.54) is 5.57 Å². The average molecular weight is 877 g/mol. The highest BCUT2D eigenvalue weighted by atomic mass is 16.6. The Morgan fingerprint density at radius 2 is 1.27 bits per heavy atom. The lowest BCUT2D eigenvalue weighted by atomic mass is 9.34. The van der Waals surface area contributed by atoms with Gasteiger partial charge in [0.05, 0.1) is 0 Å². The lowest BCUT2D eigenvalue weighted by Crippen LogP contribution is -2.63. The predicted octanol–water partition coefficient (Wildman–Crippen LogP) is 9.17. The number of aliphatic hydroxyl groups excluding tert-OH is 1. The number of ether oxygens (including phenoxy) is 3. The van der Waals surface area contributed by atoms with Gasteiger partial charge in [0.2, 0.25) is 17.6 Å². The minimum absolute atomic E-state index is 0.0139. The summed E-state index contributed by atoms with van der Waals surface area (Å²) in [6.07, 6.45) is 11.2. The molecule has 3 saturated carbocycles. The number of ketones is 1. The molecule has 63 heavy (non-hydrogen) atoms. The molecule has 5 aliphatic carbocycles. The van der Waals surface area contributed by atoms with Crippen molar-refractivity contribution >= 4 is 35.5 Å². The number of nitrogens with one attached hydrogen (secondary N) is 2. The van der Waals surface area contributed by atoms with E-state index in [1.807, 2.05) is 13.8 Å². The maximum Gasteiger partial charge on any atom is 0.329 e. The zero-order valence-electron chi connectivity index (χ0n) is 40.9. The molecule has 0 aromatic rings. The van der Waals surface area contributed by atoms with Crippen molar-refractivity contribution in [1.82, 2.24) is 10.6 Å². The highest BCUT2D eigenvalue weighted by Crippen LogP contribution is 2.75. The van der Waals surface area contributed by atoms with Crippen LogP contribution >= 0.6 is 0 Å². The van der Waals surface area contributed by atoms with Crippen LogP contribution in [0.1, 0.15) is 174 Å². The van der Waals surface area contributed by atoms with Gasteiger partial charge in [-0.05, 0) is 166 Å². The lowest BCUT2D eigenvalue weighted by molar-refractivity contribution is -0.171. The van der Waals surface area contributed by atoms with Crippen molar-refractivity contribution < 1.29 is 48.1 Å². The van der Waals surface area contributed by atoms with Crippen molar-refractivity contribution in [2.75, 3.05) is 0 Å². The molecule has 350 valence electrons. The van der Waals surface area contributed by atoms with E-state index in [0.29, 0.717) is 18.4 Å². The number of allylic oxidation sites excluding steroid dienone is 7. The minimum atomic E-state index is -1.15. The van der Waals surface area contributed by atoms with Crippen molar-refractivity contribution in [1.29, 1.82) is 0 Å². The highest BCUT2D eigenvalue weighted by molar-refractivity contribution is 6.06. The molecule has 0 aliphatic heterocycles. The number of esters is 3. The Labute approximate surface area is 375 Å². The third-order valence-corrected chi connectivity index (χ3v) is 15.2. The monoisotopic (exact) mass is 877 g/mol. The van der Waals surface area contributed by atoms with E-state index in [-0.39, 0.29) is 70.7 Å². The molecule has 0 heterocycles. The summed E-state index contributed by atoms with van der Waals surface area (Å²) in [6, 6.07) is -2.29. The van der Waals surface area contributed by atoms with Crippen LogP contribution in [-0.4, -0.2) is 69.5 Å². The van der Waals surface area contributed by atoms with Crippen molar-refractivity contribution in [3.63, 3.8) is 0 Å². The topological polar surface area (TPSA) is 174 Å². The molecular weight excluding hydrogens is 801 g/mol. The zero-order chi connectivity index (χ0) is 47.5. The van der Waals surface area contributed by atoms with Gasteiger partial charge in [-0.3, -0.25) is 19.2 Å². The number of rotatable bonds is 11. The SMILES string of the molecule is CC1=C(O)C(=O)C=C2C1=CC=C1[C@@]2(C)CC[C@@]2(C)[C@@H]3C[C@](C)(C(=O)NC(CCC(=O)NC(CCC(=O)OC(C)(C)C)C(=O)OC(C)(C)C)C(=O)OC(C)(C)C)CC[C@]3(C)CC[C@]12C. The van der Waals surface area contributed by atoms with Crippen LogP contribution in [0.3, 0.4) is 0 Å². The first-order valence-electron chi connectivity index (χ1n) is 23.0. The quantitative estimate of drug-likeness (QED) is 0.134. The van der Waals surface area contributed by atoms with E-state index in [2.05, 4.69) is 50.5 Å². The molecule has 0 saturated heterocycles. The molecule has 0 aromatic carbocycles. The van der Waals surface area contributed by atoms with Crippen LogP contribution in [-0.2, 0) is 43.0 Å². The van der Waals surface area contributed by atoms with E-state index in [0.717, 1.165) is 43.3 Å². The van der Waals surface area contributed by atoms with Gasteiger partial charge in [0, 0.05) is 29.2 Å². The second kappa shape index (κ2) is 17.0. The summed E-state index contributed by atoms with van der Waals surface area (Å²) in [6.45, 7) is 28.8. The summed E-state index contributed by atoms with van der Waals surface area (Å²) >= 11 is 0. The largest absolute Gasteiger partial charge is 0.504 e. The fraction of sp³-hybridized carbons (Fsp3) is 0.725. The molecule has 2 unspecified atom stereocenters. The van der Waals surface area contributed by atoms with Crippen LogP contribution in [0.4, 0.5) is 0 Å². The van der Waals surface area contributed by atoms with Crippen LogP contribution < -0.4 is 10.6 Å². The first kappa shape index (κ1) is 49.8.